The van der Waals surface area contributed by atoms with Crippen molar-refractivity contribution in [3.63, 3.8) is 0 Å². The van der Waals surface area contributed by atoms with Crippen molar-refractivity contribution in [3.8, 4) is 0 Å². The van der Waals surface area contributed by atoms with Crippen LogP contribution in [0.4, 0.5) is 10.1 Å². The van der Waals surface area contributed by atoms with Crippen LogP contribution >= 0.6 is 0 Å². The molecule has 3 rings (SSSR count). The number of carbonyl (C=O) groups is 1. The Kier molecular flexibility index (Phi) is 7.10. The van der Waals surface area contributed by atoms with Gasteiger partial charge in [0.15, 0.2) is 0 Å². The fraction of sp³-hybridized carbons (Fsp3) is 0.409. The SMILES string of the molecule is CC(C)c1ccc(S(=O)(=O)NCCC(=O)N2CCN(c3ccc(F)cc3)CC2)cc1. The van der Waals surface area contributed by atoms with Crippen molar-refractivity contribution in [3.05, 3.63) is 59.9 Å². The van der Waals surface area contributed by atoms with Gasteiger partial charge in [-0.05, 0) is 47.9 Å². The van der Waals surface area contributed by atoms with Gasteiger partial charge in [-0.1, -0.05) is 26.0 Å². The molecule has 0 radical (unpaired) electrons. The highest BCUT2D eigenvalue weighted by molar-refractivity contribution is 7.89. The van der Waals surface area contributed by atoms with E-state index in [1.807, 2.05) is 26.0 Å². The van der Waals surface area contributed by atoms with E-state index >= 15 is 0 Å². The molecule has 0 unspecified atom stereocenters. The van der Waals surface area contributed by atoms with Crippen LogP contribution in [-0.2, 0) is 14.8 Å². The van der Waals surface area contributed by atoms with Crippen LogP contribution in [0, 0.1) is 5.82 Å². The summed E-state index contributed by atoms with van der Waals surface area (Å²) in [6.45, 7) is 6.58. The molecule has 0 saturated carbocycles. The lowest BCUT2D eigenvalue weighted by Crippen LogP contribution is -2.49. The molecule has 1 amide bonds. The highest BCUT2D eigenvalue weighted by atomic mass is 32.2. The lowest BCUT2D eigenvalue weighted by molar-refractivity contribution is -0.131. The number of carbonyl (C=O) groups excluding carboxylic acids is 1. The zero-order chi connectivity index (χ0) is 21.7. The van der Waals surface area contributed by atoms with Crippen LogP contribution in [0.3, 0.4) is 0 Å². The Morgan fingerprint density at radius 3 is 2.17 bits per heavy atom. The van der Waals surface area contributed by atoms with Gasteiger partial charge >= 0.3 is 0 Å². The van der Waals surface area contributed by atoms with Gasteiger partial charge in [0, 0.05) is 44.8 Å². The van der Waals surface area contributed by atoms with E-state index < -0.39 is 10.0 Å². The van der Waals surface area contributed by atoms with Crippen molar-refractivity contribution in [1.82, 2.24) is 9.62 Å². The predicted octanol–water partition coefficient (Wildman–Crippen LogP) is 2.97. The van der Waals surface area contributed by atoms with E-state index in [1.54, 1.807) is 29.2 Å². The highest BCUT2D eigenvalue weighted by Gasteiger charge is 2.22. The molecule has 0 atom stereocenters. The number of anilines is 1. The number of piperazine rings is 1. The fourth-order valence-electron chi connectivity index (χ4n) is 3.43. The molecule has 1 saturated heterocycles. The number of hydrogen-bond donors (Lipinski definition) is 1. The molecular formula is C22H28FN3O3S. The van der Waals surface area contributed by atoms with E-state index in [-0.39, 0.29) is 29.6 Å². The molecule has 2 aromatic rings. The van der Waals surface area contributed by atoms with Gasteiger partial charge in [-0.25, -0.2) is 17.5 Å². The maximum atomic E-state index is 13.1. The van der Waals surface area contributed by atoms with Gasteiger partial charge in [0.2, 0.25) is 15.9 Å². The predicted molar refractivity (Wildman–Crippen MR) is 116 cm³/mol. The van der Waals surface area contributed by atoms with E-state index in [0.29, 0.717) is 32.1 Å². The van der Waals surface area contributed by atoms with Crippen molar-refractivity contribution in [2.24, 2.45) is 0 Å². The smallest absolute Gasteiger partial charge is 0.240 e. The lowest BCUT2D eigenvalue weighted by atomic mass is 10.0. The molecule has 0 spiro atoms. The fourth-order valence-corrected chi connectivity index (χ4v) is 4.46. The standard InChI is InChI=1S/C22H28FN3O3S/c1-17(2)18-3-9-21(10-4-18)30(28,29)24-12-11-22(27)26-15-13-25(14-16-26)20-7-5-19(23)6-8-20/h3-10,17,24H,11-16H2,1-2H3. The van der Waals surface area contributed by atoms with Crippen LogP contribution in [0.25, 0.3) is 0 Å². The molecule has 0 bridgehead atoms. The molecule has 0 aliphatic carbocycles. The van der Waals surface area contributed by atoms with Gasteiger partial charge in [0.25, 0.3) is 0 Å². The Morgan fingerprint density at radius 1 is 1.00 bits per heavy atom. The maximum Gasteiger partial charge on any atom is 0.240 e. The number of halogens is 1. The van der Waals surface area contributed by atoms with Crippen LogP contribution in [0.2, 0.25) is 0 Å². The summed E-state index contributed by atoms with van der Waals surface area (Å²) in [6.07, 6.45) is 0.111. The number of hydrogen-bond acceptors (Lipinski definition) is 4. The maximum absolute atomic E-state index is 13.1. The average molecular weight is 434 g/mol. The van der Waals surface area contributed by atoms with Gasteiger partial charge in [-0.2, -0.15) is 0 Å². The van der Waals surface area contributed by atoms with Crippen LogP contribution < -0.4 is 9.62 Å². The normalized spacial score (nSPS) is 14.9. The molecular weight excluding hydrogens is 405 g/mol. The second-order valence-corrected chi connectivity index (χ2v) is 9.48. The van der Waals surface area contributed by atoms with Crippen molar-refractivity contribution in [2.75, 3.05) is 37.6 Å². The molecule has 162 valence electrons. The number of rotatable bonds is 7. The van der Waals surface area contributed by atoms with Gasteiger partial charge in [0.05, 0.1) is 4.90 Å². The third-order valence-corrected chi connectivity index (χ3v) is 6.79. The molecule has 1 aliphatic rings. The molecule has 8 heteroatoms. The summed E-state index contributed by atoms with van der Waals surface area (Å²) in [5, 5.41) is 0. The number of nitrogens with zero attached hydrogens (tertiary/aromatic N) is 2. The summed E-state index contributed by atoms with van der Waals surface area (Å²) in [4.78, 5) is 16.5. The molecule has 30 heavy (non-hydrogen) atoms. The van der Waals surface area contributed by atoms with E-state index in [9.17, 15) is 17.6 Å². The van der Waals surface area contributed by atoms with E-state index in [2.05, 4.69) is 9.62 Å². The molecule has 1 fully saturated rings. The first-order valence-electron chi connectivity index (χ1n) is 10.1. The van der Waals surface area contributed by atoms with Gasteiger partial charge < -0.3 is 9.80 Å². The highest BCUT2D eigenvalue weighted by Crippen LogP contribution is 2.18. The van der Waals surface area contributed by atoms with Crippen molar-refractivity contribution in [2.45, 2.75) is 31.1 Å². The minimum atomic E-state index is -3.64. The zero-order valence-electron chi connectivity index (χ0n) is 17.3. The number of benzene rings is 2. The Bertz CT molecular complexity index is 952. The van der Waals surface area contributed by atoms with Gasteiger partial charge in [-0.15, -0.1) is 0 Å². The average Bonchev–Trinajstić information content (AvgIpc) is 2.74. The van der Waals surface area contributed by atoms with Gasteiger partial charge in [-0.3, -0.25) is 4.79 Å². The molecule has 6 nitrogen and oxygen atoms in total. The topological polar surface area (TPSA) is 69.7 Å². The largest absolute Gasteiger partial charge is 0.368 e. The second kappa shape index (κ2) is 9.57. The van der Waals surface area contributed by atoms with Crippen LogP contribution in [-0.4, -0.2) is 51.9 Å². The van der Waals surface area contributed by atoms with E-state index in [0.717, 1.165) is 11.3 Å². The van der Waals surface area contributed by atoms with Crippen LogP contribution in [0.5, 0.6) is 0 Å². The first-order valence-corrected chi connectivity index (χ1v) is 11.6. The van der Waals surface area contributed by atoms with Gasteiger partial charge in [0.1, 0.15) is 5.82 Å². The Labute approximate surface area is 177 Å². The van der Waals surface area contributed by atoms with Crippen molar-refractivity contribution < 1.29 is 17.6 Å². The molecule has 1 N–H and O–H groups in total. The lowest BCUT2D eigenvalue weighted by Gasteiger charge is -2.36. The zero-order valence-corrected chi connectivity index (χ0v) is 18.2. The molecule has 1 heterocycles. The first-order chi connectivity index (χ1) is 14.3. The molecule has 1 aliphatic heterocycles. The van der Waals surface area contributed by atoms with E-state index in [1.165, 1.54) is 12.1 Å². The number of sulfonamides is 1. The second-order valence-electron chi connectivity index (χ2n) is 7.72. The van der Waals surface area contributed by atoms with Crippen molar-refractivity contribution in [1.29, 1.82) is 0 Å². The molecule has 0 aromatic heterocycles. The summed E-state index contributed by atoms with van der Waals surface area (Å²) in [5.74, 6) is -0.0200. The summed E-state index contributed by atoms with van der Waals surface area (Å²) in [7, 11) is -3.64. The third kappa shape index (κ3) is 5.58. The Hall–Kier alpha value is -2.45. The quantitative estimate of drug-likeness (QED) is 0.729. The Balaban J connectivity index is 1.46. The van der Waals surface area contributed by atoms with Crippen LogP contribution in [0.1, 0.15) is 31.7 Å². The minimum Gasteiger partial charge on any atom is -0.368 e. The number of nitrogens with one attached hydrogen (secondary N) is 1. The minimum absolute atomic E-state index is 0.0608. The summed E-state index contributed by atoms with van der Waals surface area (Å²) in [6, 6.07) is 13.1. The summed E-state index contributed by atoms with van der Waals surface area (Å²) >= 11 is 0. The summed E-state index contributed by atoms with van der Waals surface area (Å²) < 4.78 is 40.4. The summed E-state index contributed by atoms with van der Waals surface area (Å²) in [5.41, 5.74) is 2.00. The van der Waals surface area contributed by atoms with E-state index in [4.69, 9.17) is 0 Å². The third-order valence-electron chi connectivity index (χ3n) is 5.31. The van der Waals surface area contributed by atoms with Crippen molar-refractivity contribution >= 4 is 21.6 Å². The first kappa shape index (κ1) is 22.2. The molecule has 2 aromatic carbocycles. The Morgan fingerprint density at radius 2 is 1.60 bits per heavy atom. The van der Waals surface area contributed by atoms with Crippen LogP contribution in [0.15, 0.2) is 53.4 Å². The monoisotopic (exact) mass is 433 g/mol. The number of amides is 1.